The van der Waals surface area contributed by atoms with Crippen molar-refractivity contribution in [1.29, 1.82) is 0 Å². The van der Waals surface area contributed by atoms with Crippen molar-refractivity contribution >= 4 is 16.0 Å². The van der Waals surface area contributed by atoms with Crippen LogP contribution in [0.1, 0.15) is 25.2 Å². The van der Waals surface area contributed by atoms with E-state index in [1.807, 2.05) is 0 Å². The number of carbonyl (C=O) groups is 1. The van der Waals surface area contributed by atoms with Gasteiger partial charge in [-0.25, -0.2) is 8.42 Å². The van der Waals surface area contributed by atoms with Gasteiger partial charge >= 0.3 is 5.97 Å². The molecule has 0 saturated heterocycles. The Bertz CT molecular complexity index is 543. The summed E-state index contributed by atoms with van der Waals surface area (Å²) >= 11 is 0. The summed E-state index contributed by atoms with van der Waals surface area (Å²) in [5.41, 5.74) is 0.787. The van der Waals surface area contributed by atoms with Crippen molar-refractivity contribution in [3.63, 3.8) is 0 Å². The van der Waals surface area contributed by atoms with Crippen LogP contribution in [0.4, 0.5) is 0 Å². The van der Waals surface area contributed by atoms with E-state index in [1.165, 1.54) is 7.11 Å². The third-order valence-corrected chi connectivity index (χ3v) is 4.44. The first kappa shape index (κ1) is 15.6. The van der Waals surface area contributed by atoms with Crippen LogP contribution in [0.2, 0.25) is 0 Å². The van der Waals surface area contributed by atoms with Gasteiger partial charge in [0.05, 0.1) is 18.5 Å². The molecule has 0 aliphatic carbocycles. The molecule has 0 bridgehead atoms. The Kier molecular flexibility index (Phi) is 4.70. The second kappa shape index (κ2) is 5.70. The van der Waals surface area contributed by atoms with E-state index in [0.29, 0.717) is 11.4 Å². The lowest BCUT2D eigenvalue weighted by Crippen LogP contribution is -2.45. The van der Waals surface area contributed by atoms with E-state index in [2.05, 4.69) is 19.7 Å². The highest BCUT2D eigenvalue weighted by Crippen LogP contribution is 2.18. The molecular weight excluding hydrogens is 270 g/mol. The molecule has 0 amide bonds. The van der Waals surface area contributed by atoms with Crippen LogP contribution < -0.4 is 4.72 Å². The third-order valence-electron chi connectivity index (χ3n) is 2.73. The lowest BCUT2D eigenvalue weighted by Gasteiger charge is -2.19. The van der Waals surface area contributed by atoms with Gasteiger partial charge in [-0.15, -0.1) is 0 Å². The van der Waals surface area contributed by atoms with Gasteiger partial charge in [0.2, 0.25) is 10.0 Å². The minimum atomic E-state index is -3.82. The highest BCUT2D eigenvalue weighted by atomic mass is 32.2. The summed E-state index contributed by atoms with van der Waals surface area (Å²) in [7, 11) is -2.60. The van der Waals surface area contributed by atoms with Crippen molar-refractivity contribution in [1.82, 2.24) is 14.9 Å². The van der Waals surface area contributed by atoms with Crippen LogP contribution in [0.25, 0.3) is 0 Å². The van der Waals surface area contributed by atoms with E-state index >= 15 is 0 Å². The fourth-order valence-corrected chi connectivity index (χ4v) is 3.45. The van der Waals surface area contributed by atoms with E-state index in [0.717, 1.165) is 0 Å². The number of ether oxygens (including phenoxy) is 1. The van der Waals surface area contributed by atoms with Gasteiger partial charge in [-0.2, -0.15) is 9.82 Å². The molecule has 0 fully saturated rings. The van der Waals surface area contributed by atoms with Crippen LogP contribution >= 0.6 is 0 Å². The molecule has 0 spiro atoms. The molecule has 1 aromatic rings. The van der Waals surface area contributed by atoms with Crippen LogP contribution in [0.3, 0.4) is 0 Å². The van der Waals surface area contributed by atoms with Crippen LogP contribution in [-0.2, 0) is 19.6 Å². The minimum Gasteiger partial charge on any atom is -0.468 e. The summed E-state index contributed by atoms with van der Waals surface area (Å²) in [6.07, 6.45) is 0. The Morgan fingerprint density at radius 3 is 2.32 bits per heavy atom. The normalized spacial score (nSPS) is 13.6. The number of esters is 1. The Morgan fingerprint density at radius 1 is 1.37 bits per heavy atom. The Hall–Kier alpha value is -1.41. The van der Waals surface area contributed by atoms with E-state index in [9.17, 15) is 13.2 Å². The third kappa shape index (κ3) is 3.32. The van der Waals surface area contributed by atoms with Gasteiger partial charge < -0.3 is 4.74 Å². The quantitative estimate of drug-likeness (QED) is 0.769. The first-order valence-electron chi connectivity index (χ1n) is 5.82. The molecule has 2 N–H and O–H groups in total. The Morgan fingerprint density at radius 2 is 1.95 bits per heavy atom. The molecule has 1 heterocycles. The number of sulfonamides is 1. The number of aryl methyl sites for hydroxylation is 2. The van der Waals surface area contributed by atoms with Gasteiger partial charge in [0, 0.05) is 0 Å². The maximum atomic E-state index is 12.3. The second-order valence-electron chi connectivity index (χ2n) is 4.63. The number of hydrogen-bond donors (Lipinski definition) is 2. The smallest absolute Gasteiger partial charge is 0.324 e. The summed E-state index contributed by atoms with van der Waals surface area (Å²) in [4.78, 5) is 11.7. The first-order chi connectivity index (χ1) is 8.70. The van der Waals surface area contributed by atoms with Crippen molar-refractivity contribution in [3.8, 4) is 0 Å². The molecule has 1 atom stereocenters. The van der Waals surface area contributed by atoms with Crippen LogP contribution in [-0.4, -0.2) is 37.7 Å². The molecule has 0 saturated carbocycles. The number of H-pyrrole nitrogens is 1. The summed E-state index contributed by atoms with van der Waals surface area (Å²) < 4.78 is 31.6. The van der Waals surface area contributed by atoms with Gasteiger partial charge in [-0.05, 0) is 19.8 Å². The highest BCUT2D eigenvalue weighted by molar-refractivity contribution is 7.89. The molecule has 0 aliphatic heterocycles. The molecule has 1 aromatic heterocycles. The van der Waals surface area contributed by atoms with Crippen molar-refractivity contribution in [2.75, 3.05) is 7.11 Å². The number of nitrogens with one attached hydrogen (secondary N) is 2. The van der Waals surface area contributed by atoms with Crippen LogP contribution in [0, 0.1) is 19.8 Å². The highest BCUT2D eigenvalue weighted by Gasteiger charge is 2.31. The summed E-state index contributed by atoms with van der Waals surface area (Å²) in [6, 6.07) is -0.927. The number of hydrogen-bond acceptors (Lipinski definition) is 5. The molecule has 0 aliphatic rings. The minimum absolute atomic E-state index is 0.0713. The largest absolute Gasteiger partial charge is 0.468 e. The molecule has 7 nitrogen and oxygen atoms in total. The van der Waals surface area contributed by atoms with Crippen molar-refractivity contribution < 1.29 is 17.9 Å². The summed E-state index contributed by atoms with van der Waals surface area (Å²) in [6.45, 7) is 6.66. The SMILES string of the molecule is COC(=O)[C@@H](NS(=O)(=O)c1c(C)n[nH]c1C)C(C)C. The van der Waals surface area contributed by atoms with Gasteiger partial charge in [0.25, 0.3) is 0 Å². The number of nitrogens with zero attached hydrogens (tertiary/aromatic N) is 1. The number of rotatable bonds is 5. The molecule has 108 valence electrons. The molecule has 0 radical (unpaired) electrons. The van der Waals surface area contributed by atoms with E-state index in [1.54, 1.807) is 27.7 Å². The fourth-order valence-electron chi connectivity index (χ4n) is 1.75. The summed E-state index contributed by atoms with van der Waals surface area (Å²) in [5.74, 6) is -0.841. The van der Waals surface area contributed by atoms with Gasteiger partial charge in [-0.3, -0.25) is 9.89 Å². The Labute approximate surface area is 112 Å². The fraction of sp³-hybridized carbons (Fsp3) is 0.636. The lowest BCUT2D eigenvalue weighted by atomic mass is 10.1. The van der Waals surface area contributed by atoms with Crippen molar-refractivity contribution in [3.05, 3.63) is 11.4 Å². The average molecular weight is 289 g/mol. The zero-order valence-electron chi connectivity index (χ0n) is 11.6. The first-order valence-corrected chi connectivity index (χ1v) is 7.30. The molecule has 8 heteroatoms. The maximum absolute atomic E-state index is 12.3. The van der Waals surface area contributed by atoms with Gasteiger partial charge in [-0.1, -0.05) is 13.8 Å². The van der Waals surface area contributed by atoms with E-state index in [4.69, 9.17) is 0 Å². The average Bonchev–Trinajstić information content (AvgIpc) is 2.65. The number of carbonyl (C=O) groups excluding carboxylic acids is 1. The molecule has 0 aromatic carbocycles. The molecular formula is C11H19N3O4S. The van der Waals surface area contributed by atoms with E-state index < -0.39 is 22.0 Å². The van der Waals surface area contributed by atoms with Crippen LogP contribution in [0.15, 0.2) is 4.90 Å². The molecule has 19 heavy (non-hydrogen) atoms. The monoisotopic (exact) mass is 289 g/mol. The predicted molar refractivity (Wildman–Crippen MR) is 69.0 cm³/mol. The number of aromatic amines is 1. The summed E-state index contributed by atoms with van der Waals surface area (Å²) in [5, 5.41) is 6.44. The van der Waals surface area contributed by atoms with E-state index in [-0.39, 0.29) is 10.8 Å². The molecule has 0 unspecified atom stereocenters. The van der Waals surface area contributed by atoms with Crippen molar-refractivity contribution in [2.45, 2.75) is 38.6 Å². The van der Waals surface area contributed by atoms with Crippen LogP contribution in [0.5, 0.6) is 0 Å². The number of methoxy groups -OCH3 is 1. The maximum Gasteiger partial charge on any atom is 0.324 e. The topological polar surface area (TPSA) is 101 Å². The molecule has 1 rings (SSSR count). The van der Waals surface area contributed by atoms with Gasteiger partial charge in [0.1, 0.15) is 10.9 Å². The standard InChI is InChI=1S/C11H19N3O4S/c1-6(2)9(11(15)18-5)14-19(16,17)10-7(3)12-13-8(10)4/h6,9,14H,1-5H3,(H,12,13)/t9-/m0/s1. The lowest BCUT2D eigenvalue weighted by molar-refractivity contribution is -0.143. The zero-order valence-corrected chi connectivity index (χ0v) is 12.5. The van der Waals surface area contributed by atoms with Gasteiger partial charge in [0.15, 0.2) is 0 Å². The second-order valence-corrected chi connectivity index (χ2v) is 6.28. The van der Waals surface area contributed by atoms with Crippen molar-refractivity contribution in [2.24, 2.45) is 5.92 Å². The Balaban J connectivity index is 3.12. The zero-order chi connectivity index (χ0) is 14.8. The number of aromatic nitrogens is 2. The predicted octanol–water partition coefficient (Wildman–Crippen LogP) is 0.502.